The highest BCUT2D eigenvalue weighted by molar-refractivity contribution is 5.11. The van der Waals surface area contributed by atoms with Gasteiger partial charge in [0, 0.05) is 0 Å². The Balaban J connectivity index is 1.31. The first-order valence-corrected chi connectivity index (χ1v) is 10.8. The summed E-state index contributed by atoms with van der Waals surface area (Å²) < 4.78 is 18.3. The zero-order chi connectivity index (χ0) is 18.6. The second kappa shape index (κ2) is 8.89. The summed E-state index contributed by atoms with van der Waals surface area (Å²) in [5.74, 6) is 1.28. The minimum Gasteiger partial charge on any atom is -0.369 e. The van der Waals surface area contributed by atoms with Crippen LogP contribution in [0, 0.1) is 11.8 Å². The molecule has 8 atom stereocenters. The lowest BCUT2D eigenvalue weighted by molar-refractivity contribution is -0.0486. The summed E-state index contributed by atoms with van der Waals surface area (Å²) in [4.78, 5) is 0. The van der Waals surface area contributed by atoms with Gasteiger partial charge in [-0.25, -0.2) is 0 Å². The van der Waals surface area contributed by atoms with Crippen LogP contribution in [0.3, 0.4) is 0 Å². The van der Waals surface area contributed by atoms with Gasteiger partial charge in [-0.3, -0.25) is 0 Å². The fourth-order valence-electron chi connectivity index (χ4n) is 4.48. The van der Waals surface area contributed by atoms with Gasteiger partial charge in [-0.15, -0.1) is 0 Å². The molecule has 2 aliphatic heterocycles. The van der Waals surface area contributed by atoms with E-state index in [4.69, 9.17) is 14.2 Å². The van der Waals surface area contributed by atoms with Crippen LogP contribution in [-0.4, -0.2) is 36.6 Å². The minimum atomic E-state index is 0.197. The quantitative estimate of drug-likeness (QED) is 0.499. The molecule has 2 heterocycles. The van der Waals surface area contributed by atoms with Gasteiger partial charge >= 0.3 is 0 Å². The third kappa shape index (κ3) is 5.43. The number of allylic oxidation sites excluding steroid dienone is 8. The van der Waals surface area contributed by atoms with Gasteiger partial charge in [0.05, 0.1) is 24.4 Å². The molecule has 0 aromatic carbocycles. The highest BCUT2D eigenvalue weighted by atomic mass is 16.6. The zero-order valence-electron chi connectivity index (χ0n) is 16.7. The molecule has 0 spiro atoms. The molecule has 0 aromatic heterocycles. The molecule has 4 aliphatic rings. The monoisotopic (exact) mass is 370 g/mol. The molecule has 4 rings (SSSR count). The van der Waals surface area contributed by atoms with Crippen molar-refractivity contribution in [3.63, 3.8) is 0 Å². The molecule has 0 N–H and O–H groups in total. The van der Waals surface area contributed by atoms with Crippen molar-refractivity contribution in [1.82, 2.24) is 0 Å². The van der Waals surface area contributed by atoms with Gasteiger partial charge in [0.25, 0.3) is 0 Å². The first-order chi connectivity index (χ1) is 13.2. The van der Waals surface area contributed by atoms with Crippen molar-refractivity contribution >= 4 is 0 Å². The van der Waals surface area contributed by atoms with Gasteiger partial charge in [0.2, 0.25) is 0 Å². The smallest absolute Gasteiger partial charge is 0.110 e. The predicted octanol–water partition coefficient (Wildman–Crippen LogP) is 5.14. The van der Waals surface area contributed by atoms with Gasteiger partial charge in [-0.05, 0) is 64.2 Å². The number of hydrogen-bond donors (Lipinski definition) is 0. The minimum absolute atomic E-state index is 0.197. The van der Waals surface area contributed by atoms with Crippen molar-refractivity contribution in [1.29, 1.82) is 0 Å². The van der Waals surface area contributed by atoms with Crippen LogP contribution in [0.25, 0.3) is 0 Å². The Morgan fingerprint density at radius 2 is 1.22 bits per heavy atom. The average Bonchev–Trinajstić information content (AvgIpc) is 3.61. The molecule has 0 bridgehead atoms. The Morgan fingerprint density at radius 3 is 1.56 bits per heavy atom. The molecule has 148 valence electrons. The first kappa shape index (κ1) is 19.2. The molecule has 2 fully saturated rings. The van der Waals surface area contributed by atoms with Crippen molar-refractivity contribution in [2.45, 2.75) is 89.0 Å². The van der Waals surface area contributed by atoms with Gasteiger partial charge in [-0.2, -0.15) is 0 Å². The predicted molar refractivity (Wildman–Crippen MR) is 109 cm³/mol. The van der Waals surface area contributed by atoms with E-state index < -0.39 is 0 Å². The van der Waals surface area contributed by atoms with Crippen LogP contribution in [0.15, 0.2) is 48.6 Å². The largest absolute Gasteiger partial charge is 0.369 e. The molecule has 0 aromatic rings. The molecule has 0 saturated carbocycles. The molecule has 0 radical (unpaired) electrons. The van der Waals surface area contributed by atoms with E-state index in [2.05, 4.69) is 62.5 Å². The highest BCUT2D eigenvalue weighted by Gasteiger charge is 2.47. The van der Waals surface area contributed by atoms with Crippen molar-refractivity contribution in [3.8, 4) is 0 Å². The van der Waals surface area contributed by atoms with E-state index >= 15 is 0 Å². The highest BCUT2D eigenvalue weighted by Crippen LogP contribution is 2.37. The van der Waals surface area contributed by atoms with Crippen LogP contribution in [0.1, 0.15) is 52.4 Å². The number of hydrogen-bond acceptors (Lipinski definition) is 3. The maximum Gasteiger partial charge on any atom is 0.110 e. The Kier molecular flexibility index (Phi) is 6.31. The van der Waals surface area contributed by atoms with E-state index in [0.29, 0.717) is 24.0 Å². The number of ether oxygens (including phenoxy) is 3. The van der Waals surface area contributed by atoms with Gasteiger partial charge < -0.3 is 14.2 Å². The van der Waals surface area contributed by atoms with E-state index in [1.807, 2.05) is 0 Å². The third-order valence-electron chi connectivity index (χ3n) is 6.38. The van der Waals surface area contributed by atoms with Crippen molar-refractivity contribution in [3.05, 3.63) is 48.6 Å². The number of rotatable bonds is 10. The first-order valence-electron chi connectivity index (χ1n) is 10.8. The maximum absolute atomic E-state index is 6.69. The van der Waals surface area contributed by atoms with Gasteiger partial charge in [0.1, 0.15) is 12.2 Å². The van der Waals surface area contributed by atoms with E-state index in [1.165, 1.54) is 12.8 Å². The van der Waals surface area contributed by atoms with E-state index in [0.717, 1.165) is 25.7 Å². The summed E-state index contributed by atoms with van der Waals surface area (Å²) in [6.07, 6.45) is 26.2. The zero-order valence-corrected chi connectivity index (χ0v) is 16.7. The van der Waals surface area contributed by atoms with Crippen LogP contribution in [0.5, 0.6) is 0 Å². The standard InChI is InChI=1S/C24H34O3/c1-17-23(25-17)21(15-13-19-9-5-3-6-10-19)27-22(24-18(2)26-24)16-14-20-11-7-4-8-12-20/h3-9,11,17-24H,10,12-16H2,1-2H3. The van der Waals surface area contributed by atoms with Gasteiger partial charge in [0.15, 0.2) is 0 Å². The molecular weight excluding hydrogens is 336 g/mol. The lowest BCUT2D eigenvalue weighted by Crippen LogP contribution is -2.32. The normalized spacial score (nSPS) is 38.7. The third-order valence-corrected chi connectivity index (χ3v) is 6.38. The molecule has 3 nitrogen and oxygen atoms in total. The summed E-state index contributed by atoms with van der Waals surface area (Å²) in [5, 5.41) is 0. The maximum atomic E-state index is 6.69. The molecular formula is C24H34O3. The fraction of sp³-hybridized carbons (Fsp3) is 0.667. The second-order valence-electron chi connectivity index (χ2n) is 8.60. The van der Waals surface area contributed by atoms with Crippen molar-refractivity contribution in [2.75, 3.05) is 0 Å². The summed E-state index contributed by atoms with van der Waals surface area (Å²) in [6, 6.07) is 0. The summed E-state index contributed by atoms with van der Waals surface area (Å²) >= 11 is 0. The molecule has 8 unspecified atom stereocenters. The SMILES string of the molecule is CC1OC1C(CCC1C=CC=CC1)OC(CCC1C=CC=CC1)C1OC1C. The van der Waals surface area contributed by atoms with Crippen molar-refractivity contribution < 1.29 is 14.2 Å². The molecule has 2 aliphatic carbocycles. The van der Waals surface area contributed by atoms with Crippen molar-refractivity contribution in [2.24, 2.45) is 11.8 Å². The van der Waals surface area contributed by atoms with Crippen LogP contribution in [-0.2, 0) is 14.2 Å². The lowest BCUT2D eigenvalue weighted by Gasteiger charge is -2.26. The second-order valence-corrected chi connectivity index (χ2v) is 8.60. The van der Waals surface area contributed by atoms with Gasteiger partial charge in [-0.1, -0.05) is 48.6 Å². The molecule has 0 amide bonds. The Hall–Kier alpha value is -1.16. The lowest BCUT2D eigenvalue weighted by atomic mass is 9.92. The Bertz CT molecular complexity index is 553. The van der Waals surface area contributed by atoms with E-state index in [1.54, 1.807) is 0 Å². The Morgan fingerprint density at radius 1 is 0.778 bits per heavy atom. The van der Waals surface area contributed by atoms with E-state index in [9.17, 15) is 0 Å². The molecule has 2 saturated heterocycles. The summed E-state index contributed by atoms with van der Waals surface area (Å²) in [6.45, 7) is 4.32. The topological polar surface area (TPSA) is 34.3 Å². The van der Waals surface area contributed by atoms with Crippen LogP contribution in [0.4, 0.5) is 0 Å². The average molecular weight is 371 g/mol. The Labute approximate surface area is 164 Å². The fourth-order valence-corrected chi connectivity index (χ4v) is 4.48. The van der Waals surface area contributed by atoms with Crippen LogP contribution >= 0.6 is 0 Å². The molecule has 3 heteroatoms. The van der Waals surface area contributed by atoms with Crippen LogP contribution in [0.2, 0.25) is 0 Å². The van der Waals surface area contributed by atoms with E-state index in [-0.39, 0.29) is 24.4 Å². The summed E-state index contributed by atoms with van der Waals surface area (Å²) in [5.41, 5.74) is 0. The number of epoxide rings is 2. The summed E-state index contributed by atoms with van der Waals surface area (Å²) in [7, 11) is 0. The van der Waals surface area contributed by atoms with Crippen LogP contribution < -0.4 is 0 Å². The molecule has 27 heavy (non-hydrogen) atoms.